The summed E-state index contributed by atoms with van der Waals surface area (Å²) in [6, 6.07) is 18.9. The molecule has 1 aliphatic heterocycles. The summed E-state index contributed by atoms with van der Waals surface area (Å²) >= 11 is 0. The highest BCUT2D eigenvalue weighted by molar-refractivity contribution is 7.80. The highest BCUT2D eigenvalue weighted by atomic mass is 31.2. The summed E-state index contributed by atoms with van der Waals surface area (Å²) in [5.41, 5.74) is -1.13. The third kappa shape index (κ3) is 4.10. The summed E-state index contributed by atoms with van der Waals surface area (Å²) in [6.45, 7) is 6.03. The van der Waals surface area contributed by atoms with Crippen molar-refractivity contribution in [2.45, 2.75) is 63.8 Å². The molecule has 0 spiro atoms. The first-order valence-corrected chi connectivity index (χ1v) is 11.6. The molecule has 2 aromatic carbocycles. The molecule has 0 amide bonds. The zero-order valence-corrected chi connectivity index (χ0v) is 17.3. The molecule has 0 radical (unpaired) electrons. The Balaban J connectivity index is 2.15. The van der Waals surface area contributed by atoms with Crippen LogP contribution in [-0.2, 0) is 14.1 Å². The molecule has 27 heavy (non-hydrogen) atoms. The van der Waals surface area contributed by atoms with Gasteiger partial charge in [-0.05, 0) is 20.3 Å². The monoisotopic (exact) mass is 384 g/mol. The fourth-order valence-corrected chi connectivity index (χ4v) is 7.42. The molecule has 1 fully saturated rings. The Morgan fingerprint density at radius 3 is 2.00 bits per heavy atom. The topological polar surface area (TPSA) is 43.4 Å². The average molecular weight is 384 g/mol. The van der Waals surface area contributed by atoms with E-state index in [9.17, 15) is 9.36 Å². The minimum Gasteiger partial charge on any atom is -0.371 e. The van der Waals surface area contributed by atoms with Gasteiger partial charge in [0.2, 0.25) is 0 Å². The lowest BCUT2D eigenvalue weighted by Gasteiger charge is -2.43. The van der Waals surface area contributed by atoms with Crippen molar-refractivity contribution < 1.29 is 14.1 Å². The van der Waals surface area contributed by atoms with Gasteiger partial charge in [-0.1, -0.05) is 80.4 Å². The van der Waals surface area contributed by atoms with Crippen LogP contribution in [0.5, 0.6) is 0 Å². The van der Waals surface area contributed by atoms with Crippen LogP contribution in [0.15, 0.2) is 60.7 Å². The number of rotatable bonds is 6. The zero-order chi connectivity index (χ0) is 19.5. The van der Waals surface area contributed by atoms with Crippen molar-refractivity contribution in [1.29, 1.82) is 0 Å². The maximum absolute atomic E-state index is 14.7. The van der Waals surface area contributed by atoms with Crippen molar-refractivity contribution in [2.24, 2.45) is 0 Å². The lowest BCUT2D eigenvalue weighted by Crippen LogP contribution is -2.52. The molecule has 0 aliphatic carbocycles. The minimum atomic E-state index is -3.18. The number of benzene rings is 2. The number of unbranched alkanes of at least 4 members (excludes halogenated alkanes) is 1. The largest absolute Gasteiger partial charge is 0.371 e. The average Bonchev–Trinajstić information content (AvgIpc) is 2.66. The van der Waals surface area contributed by atoms with Gasteiger partial charge in [0, 0.05) is 17.0 Å². The van der Waals surface area contributed by atoms with Crippen molar-refractivity contribution in [2.75, 3.05) is 0 Å². The molecule has 0 bridgehead atoms. The van der Waals surface area contributed by atoms with Gasteiger partial charge < -0.3 is 9.30 Å². The van der Waals surface area contributed by atoms with Gasteiger partial charge in [-0.2, -0.15) is 0 Å². The van der Waals surface area contributed by atoms with E-state index in [2.05, 4.69) is 6.92 Å². The Labute approximate surface area is 162 Å². The molecule has 0 aromatic heterocycles. The van der Waals surface area contributed by atoms with E-state index >= 15 is 0 Å². The smallest absolute Gasteiger partial charge is 0.155 e. The standard InChI is InChI=1S/C23H29O3P/c1-4-5-16-21-22(20(24)17-23(2,3)26-21)27(25,18-12-8-6-9-13-18)19-14-10-7-11-15-19/h6-15,21-22H,4-5,16-17H2,1-3H3. The normalized spacial score (nSPS) is 22.6. The molecule has 4 heteroatoms. The van der Waals surface area contributed by atoms with Crippen LogP contribution in [0.3, 0.4) is 0 Å². The van der Waals surface area contributed by atoms with E-state index in [-0.39, 0.29) is 11.9 Å². The highest BCUT2D eigenvalue weighted by Crippen LogP contribution is 2.54. The Morgan fingerprint density at radius 2 is 1.52 bits per heavy atom. The van der Waals surface area contributed by atoms with Crippen LogP contribution < -0.4 is 10.6 Å². The molecule has 3 rings (SSSR count). The molecular formula is C23H29O3P. The third-order valence-electron chi connectivity index (χ3n) is 5.27. The van der Waals surface area contributed by atoms with Crippen LogP contribution in [0.1, 0.15) is 46.5 Å². The number of Topliss-reactive ketones (excluding diaryl/α,β-unsaturated/α-hetero) is 1. The Morgan fingerprint density at radius 1 is 1.00 bits per heavy atom. The first-order chi connectivity index (χ1) is 12.9. The van der Waals surface area contributed by atoms with Gasteiger partial charge in [0.25, 0.3) is 0 Å². The van der Waals surface area contributed by atoms with Crippen molar-refractivity contribution in [3.05, 3.63) is 60.7 Å². The molecule has 3 nitrogen and oxygen atoms in total. The van der Waals surface area contributed by atoms with E-state index in [4.69, 9.17) is 4.74 Å². The SMILES string of the molecule is CCCCC1OC(C)(C)CC(=O)C1P(=O)(c1ccccc1)c1ccccc1. The lowest BCUT2D eigenvalue weighted by atomic mass is 9.91. The maximum atomic E-state index is 14.7. The van der Waals surface area contributed by atoms with E-state index in [0.717, 1.165) is 29.9 Å². The predicted molar refractivity (Wildman–Crippen MR) is 112 cm³/mol. The number of carbonyl (C=O) groups is 1. The summed E-state index contributed by atoms with van der Waals surface area (Å²) in [5.74, 6) is 0.0587. The first-order valence-electron chi connectivity index (χ1n) is 9.80. The maximum Gasteiger partial charge on any atom is 0.155 e. The van der Waals surface area contributed by atoms with Crippen LogP contribution in [-0.4, -0.2) is 23.1 Å². The fourth-order valence-electron chi connectivity index (χ4n) is 4.08. The molecular weight excluding hydrogens is 355 g/mol. The molecule has 2 atom stereocenters. The second-order valence-electron chi connectivity index (χ2n) is 7.98. The van der Waals surface area contributed by atoms with Gasteiger partial charge in [-0.25, -0.2) is 0 Å². The molecule has 1 saturated heterocycles. The number of ether oxygens (including phenoxy) is 1. The van der Waals surface area contributed by atoms with Crippen LogP contribution in [0.25, 0.3) is 0 Å². The zero-order valence-electron chi connectivity index (χ0n) is 16.4. The van der Waals surface area contributed by atoms with Crippen molar-refractivity contribution in [3.8, 4) is 0 Å². The molecule has 0 N–H and O–H groups in total. The van der Waals surface area contributed by atoms with Crippen LogP contribution in [0.2, 0.25) is 0 Å². The summed E-state index contributed by atoms with van der Waals surface area (Å²) in [5, 5.41) is 1.47. The Hall–Kier alpha value is -1.70. The van der Waals surface area contributed by atoms with Crippen LogP contribution in [0.4, 0.5) is 0 Å². The summed E-state index contributed by atoms with van der Waals surface area (Å²) in [6.07, 6.45) is 2.69. The van der Waals surface area contributed by atoms with E-state index < -0.39 is 18.4 Å². The second kappa shape index (κ2) is 8.12. The Bertz CT molecular complexity index is 771. The molecule has 1 heterocycles. The predicted octanol–water partition coefficient (Wildman–Crippen LogP) is 4.70. The molecule has 1 aliphatic rings. The van der Waals surface area contributed by atoms with E-state index in [1.165, 1.54) is 0 Å². The van der Waals surface area contributed by atoms with E-state index in [1.807, 2.05) is 74.5 Å². The van der Waals surface area contributed by atoms with Gasteiger partial charge in [0.05, 0.1) is 11.7 Å². The van der Waals surface area contributed by atoms with Gasteiger partial charge in [-0.3, -0.25) is 4.79 Å². The van der Waals surface area contributed by atoms with Crippen molar-refractivity contribution in [3.63, 3.8) is 0 Å². The first kappa shape index (κ1) is 20.0. The van der Waals surface area contributed by atoms with Gasteiger partial charge in [-0.15, -0.1) is 0 Å². The molecule has 2 unspecified atom stereocenters. The van der Waals surface area contributed by atoms with E-state index in [0.29, 0.717) is 6.42 Å². The molecule has 144 valence electrons. The van der Waals surface area contributed by atoms with Crippen molar-refractivity contribution in [1.82, 2.24) is 0 Å². The fraction of sp³-hybridized carbons (Fsp3) is 0.435. The summed E-state index contributed by atoms with van der Waals surface area (Å²) in [4.78, 5) is 13.3. The number of ketones is 1. The second-order valence-corrected chi connectivity index (χ2v) is 10.9. The highest BCUT2D eigenvalue weighted by Gasteiger charge is 2.51. The Kier molecular flexibility index (Phi) is 6.03. The van der Waals surface area contributed by atoms with Gasteiger partial charge in [0.1, 0.15) is 11.4 Å². The summed E-state index contributed by atoms with van der Waals surface area (Å²) in [7, 11) is -3.18. The third-order valence-corrected chi connectivity index (χ3v) is 8.80. The van der Waals surface area contributed by atoms with Crippen molar-refractivity contribution >= 4 is 23.5 Å². The number of hydrogen-bond donors (Lipinski definition) is 0. The number of hydrogen-bond acceptors (Lipinski definition) is 3. The van der Waals surface area contributed by atoms with E-state index in [1.54, 1.807) is 0 Å². The molecule has 2 aromatic rings. The van der Waals surface area contributed by atoms with Gasteiger partial charge in [0.15, 0.2) is 7.14 Å². The molecule has 0 saturated carbocycles. The lowest BCUT2D eigenvalue weighted by molar-refractivity contribution is -0.147. The minimum absolute atomic E-state index is 0.0587. The van der Waals surface area contributed by atoms with Crippen LogP contribution >= 0.6 is 7.14 Å². The summed E-state index contributed by atoms with van der Waals surface area (Å²) < 4.78 is 21.0. The number of carbonyl (C=O) groups excluding carboxylic acids is 1. The quantitative estimate of drug-likeness (QED) is 0.678. The van der Waals surface area contributed by atoms with Crippen LogP contribution in [0, 0.1) is 0 Å². The van der Waals surface area contributed by atoms with Gasteiger partial charge >= 0.3 is 0 Å².